The first-order chi connectivity index (χ1) is 8.79. The summed E-state index contributed by atoms with van der Waals surface area (Å²) in [6.07, 6.45) is 1.06. The van der Waals surface area contributed by atoms with E-state index >= 15 is 0 Å². The van der Waals surface area contributed by atoms with Crippen molar-refractivity contribution in [1.82, 2.24) is 4.90 Å². The third-order valence-corrected chi connectivity index (χ3v) is 3.21. The summed E-state index contributed by atoms with van der Waals surface area (Å²) in [7, 11) is 1.69. The van der Waals surface area contributed by atoms with Crippen LogP contribution in [0.5, 0.6) is 0 Å². The van der Waals surface area contributed by atoms with Crippen molar-refractivity contribution in [2.45, 2.75) is 19.5 Å². The van der Waals surface area contributed by atoms with Crippen molar-refractivity contribution < 1.29 is 9.47 Å². The summed E-state index contributed by atoms with van der Waals surface area (Å²) in [6, 6.07) is 6.21. The van der Waals surface area contributed by atoms with Crippen LogP contribution in [0.2, 0.25) is 0 Å². The molecule has 0 unspecified atom stereocenters. The highest BCUT2D eigenvalue weighted by Crippen LogP contribution is 2.24. The Kier molecular flexibility index (Phi) is 4.99. The van der Waals surface area contributed by atoms with Crippen molar-refractivity contribution in [3.63, 3.8) is 0 Å². The number of ether oxygens (including phenoxy) is 2. The summed E-state index contributed by atoms with van der Waals surface area (Å²) >= 11 is 0. The molecule has 4 heteroatoms. The average Bonchev–Trinajstić information content (AvgIpc) is 2.75. The quantitative estimate of drug-likeness (QED) is 0.590. The van der Waals surface area contributed by atoms with Crippen LogP contribution in [-0.2, 0) is 22.6 Å². The molecule has 0 bridgehead atoms. The number of hydrogen-bond acceptors (Lipinski definition) is 4. The zero-order valence-electron chi connectivity index (χ0n) is 11.0. The second-order valence-electron chi connectivity index (χ2n) is 4.70. The maximum atomic E-state index is 5.79. The van der Waals surface area contributed by atoms with Crippen molar-refractivity contribution in [3.8, 4) is 0 Å². The van der Waals surface area contributed by atoms with Gasteiger partial charge in [0.25, 0.3) is 0 Å². The van der Waals surface area contributed by atoms with Crippen LogP contribution in [0.25, 0.3) is 0 Å². The van der Waals surface area contributed by atoms with Gasteiger partial charge in [0.15, 0.2) is 0 Å². The lowest BCUT2D eigenvalue weighted by molar-refractivity contribution is 0.0651. The molecule has 2 rings (SSSR count). The molecule has 1 aromatic carbocycles. The maximum absolute atomic E-state index is 5.79. The van der Waals surface area contributed by atoms with Crippen LogP contribution in [0.15, 0.2) is 18.2 Å². The molecule has 0 aliphatic carbocycles. The molecule has 0 spiro atoms. The van der Waals surface area contributed by atoms with Crippen molar-refractivity contribution in [2.24, 2.45) is 0 Å². The predicted molar refractivity (Wildman–Crippen MR) is 72.3 cm³/mol. The van der Waals surface area contributed by atoms with E-state index in [9.17, 15) is 0 Å². The number of nitrogen functional groups attached to an aromatic ring is 1. The lowest BCUT2D eigenvalue weighted by atomic mass is 10.1. The van der Waals surface area contributed by atoms with Crippen LogP contribution < -0.4 is 5.73 Å². The second-order valence-corrected chi connectivity index (χ2v) is 4.70. The molecule has 1 aliphatic rings. The first kappa shape index (κ1) is 13.3. The fourth-order valence-corrected chi connectivity index (χ4v) is 2.28. The highest BCUT2D eigenvalue weighted by Gasteiger charge is 2.17. The number of anilines is 1. The lowest BCUT2D eigenvalue weighted by Gasteiger charge is -2.14. The molecule has 0 atom stereocenters. The Labute approximate surface area is 109 Å². The van der Waals surface area contributed by atoms with Crippen LogP contribution in [0, 0.1) is 0 Å². The molecule has 0 fully saturated rings. The molecule has 1 aromatic rings. The smallest absolute Gasteiger partial charge is 0.0700 e. The van der Waals surface area contributed by atoms with E-state index < -0.39 is 0 Å². The van der Waals surface area contributed by atoms with E-state index in [0.717, 1.165) is 38.3 Å². The van der Waals surface area contributed by atoms with E-state index in [4.69, 9.17) is 15.2 Å². The minimum atomic E-state index is 0.675. The molecule has 4 nitrogen and oxygen atoms in total. The van der Waals surface area contributed by atoms with Crippen molar-refractivity contribution in [1.29, 1.82) is 0 Å². The Morgan fingerprint density at radius 2 is 2.00 bits per heavy atom. The van der Waals surface area contributed by atoms with Crippen LogP contribution in [0.3, 0.4) is 0 Å². The fraction of sp³-hybridized carbons (Fsp3) is 0.571. The zero-order chi connectivity index (χ0) is 12.8. The largest absolute Gasteiger partial charge is 0.399 e. The fourth-order valence-electron chi connectivity index (χ4n) is 2.28. The lowest BCUT2D eigenvalue weighted by Crippen LogP contribution is -2.19. The number of methoxy groups -OCH3 is 1. The van der Waals surface area contributed by atoms with E-state index in [2.05, 4.69) is 17.0 Å². The molecule has 18 heavy (non-hydrogen) atoms. The normalized spacial score (nSPS) is 14.9. The van der Waals surface area contributed by atoms with Gasteiger partial charge in [-0.1, -0.05) is 6.07 Å². The summed E-state index contributed by atoms with van der Waals surface area (Å²) in [4.78, 5) is 2.43. The third kappa shape index (κ3) is 3.70. The third-order valence-electron chi connectivity index (χ3n) is 3.21. The van der Waals surface area contributed by atoms with Gasteiger partial charge in [-0.2, -0.15) is 0 Å². The van der Waals surface area contributed by atoms with Crippen molar-refractivity contribution in [2.75, 3.05) is 39.2 Å². The Morgan fingerprint density at radius 3 is 2.83 bits per heavy atom. The Bertz CT molecular complexity index is 382. The maximum Gasteiger partial charge on any atom is 0.0700 e. The predicted octanol–water partition coefficient (Wildman–Crippen LogP) is 1.64. The highest BCUT2D eigenvalue weighted by atomic mass is 16.5. The molecule has 0 radical (unpaired) electrons. The SMILES string of the molecule is COCCOCCCN1Cc2ccc(N)cc2C1. The minimum Gasteiger partial charge on any atom is -0.399 e. The van der Waals surface area contributed by atoms with E-state index in [1.807, 2.05) is 6.07 Å². The average molecular weight is 250 g/mol. The standard InChI is InChI=1S/C14H22N2O2/c1-17-7-8-18-6-2-5-16-10-12-3-4-14(15)9-13(12)11-16/h3-4,9H,2,5-8,10-11,15H2,1H3. The summed E-state index contributed by atoms with van der Waals surface area (Å²) in [5.41, 5.74) is 9.43. The Morgan fingerprint density at radius 1 is 1.17 bits per heavy atom. The van der Waals surface area contributed by atoms with Gasteiger partial charge in [-0.05, 0) is 29.7 Å². The molecule has 100 valence electrons. The number of benzene rings is 1. The van der Waals surface area contributed by atoms with Gasteiger partial charge < -0.3 is 15.2 Å². The minimum absolute atomic E-state index is 0.675. The van der Waals surface area contributed by atoms with Crippen molar-refractivity contribution in [3.05, 3.63) is 29.3 Å². The second kappa shape index (κ2) is 6.73. The van der Waals surface area contributed by atoms with Gasteiger partial charge in [-0.3, -0.25) is 4.90 Å². The molecular formula is C14H22N2O2. The van der Waals surface area contributed by atoms with Gasteiger partial charge >= 0.3 is 0 Å². The molecule has 1 heterocycles. The number of rotatable bonds is 7. The van der Waals surface area contributed by atoms with E-state index in [1.54, 1.807) is 7.11 Å². The number of hydrogen-bond donors (Lipinski definition) is 1. The first-order valence-corrected chi connectivity index (χ1v) is 6.46. The van der Waals surface area contributed by atoms with E-state index in [0.29, 0.717) is 13.2 Å². The topological polar surface area (TPSA) is 47.7 Å². The van der Waals surface area contributed by atoms with E-state index in [1.165, 1.54) is 11.1 Å². The number of fused-ring (bicyclic) bond motifs is 1. The van der Waals surface area contributed by atoms with Gasteiger partial charge in [0, 0.05) is 39.0 Å². The number of nitrogens with two attached hydrogens (primary N) is 1. The Hall–Kier alpha value is -1.10. The summed E-state index contributed by atoms with van der Waals surface area (Å²) in [5, 5.41) is 0. The molecule has 0 saturated carbocycles. The summed E-state index contributed by atoms with van der Waals surface area (Å²) in [5.74, 6) is 0. The van der Waals surface area contributed by atoms with Crippen LogP contribution >= 0.6 is 0 Å². The summed E-state index contributed by atoms with van der Waals surface area (Å²) < 4.78 is 10.4. The van der Waals surface area contributed by atoms with Gasteiger partial charge in [-0.15, -0.1) is 0 Å². The number of nitrogens with zero attached hydrogens (tertiary/aromatic N) is 1. The molecular weight excluding hydrogens is 228 g/mol. The van der Waals surface area contributed by atoms with Crippen molar-refractivity contribution >= 4 is 5.69 Å². The molecule has 0 amide bonds. The van der Waals surface area contributed by atoms with Gasteiger partial charge in [0.05, 0.1) is 13.2 Å². The zero-order valence-corrected chi connectivity index (χ0v) is 11.0. The molecule has 0 saturated heterocycles. The van der Waals surface area contributed by atoms with E-state index in [-0.39, 0.29) is 0 Å². The molecule has 1 aliphatic heterocycles. The highest BCUT2D eigenvalue weighted by molar-refractivity contribution is 5.46. The Balaban J connectivity index is 1.65. The van der Waals surface area contributed by atoms with Crippen LogP contribution in [0.4, 0.5) is 5.69 Å². The van der Waals surface area contributed by atoms with Gasteiger partial charge in [0.2, 0.25) is 0 Å². The van der Waals surface area contributed by atoms with Gasteiger partial charge in [-0.25, -0.2) is 0 Å². The molecule has 2 N–H and O–H groups in total. The molecule has 0 aromatic heterocycles. The first-order valence-electron chi connectivity index (χ1n) is 6.46. The summed E-state index contributed by atoms with van der Waals surface area (Å²) in [6.45, 7) is 5.29. The van der Waals surface area contributed by atoms with Crippen LogP contribution in [-0.4, -0.2) is 38.4 Å². The van der Waals surface area contributed by atoms with Gasteiger partial charge in [0.1, 0.15) is 0 Å². The van der Waals surface area contributed by atoms with Crippen LogP contribution in [0.1, 0.15) is 17.5 Å². The monoisotopic (exact) mass is 250 g/mol.